The van der Waals surface area contributed by atoms with Crippen molar-refractivity contribution in [1.29, 1.82) is 0 Å². The third-order valence-electron chi connectivity index (χ3n) is 9.08. The van der Waals surface area contributed by atoms with Gasteiger partial charge in [-0.25, -0.2) is 18.2 Å². The zero-order chi connectivity index (χ0) is 30.6. The molecule has 5 heterocycles. The van der Waals surface area contributed by atoms with Crippen LogP contribution in [0, 0.1) is 23.5 Å². The van der Waals surface area contributed by atoms with Gasteiger partial charge in [0, 0.05) is 37.0 Å². The molecule has 0 saturated carbocycles. The van der Waals surface area contributed by atoms with Gasteiger partial charge in [0.1, 0.15) is 47.1 Å². The first-order chi connectivity index (χ1) is 21.3. The van der Waals surface area contributed by atoms with E-state index in [1.165, 1.54) is 24.3 Å². The van der Waals surface area contributed by atoms with Gasteiger partial charge in [-0.3, -0.25) is 4.90 Å². The number of nitrogens with zero attached hydrogens (tertiary/aromatic N) is 5. The van der Waals surface area contributed by atoms with Crippen molar-refractivity contribution in [3.8, 4) is 34.9 Å². The van der Waals surface area contributed by atoms with Gasteiger partial charge < -0.3 is 19.8 Å². The molecule has 228 valence electrons. The van der Waals surface area contributed by atoms with Gasteiger partial charge in [0.15, 0.2) is 5.82 Å². The summed E-state index contributed by atoms with van der Waals surface area (Å²) in [6, 6.07) is 6.98. The van der Waals surface area contributed by atoms with Crippen LogP contribution in [0.4, 0.5) is 19.0 Å². The number of anilines is 1. The van der Waals surface area contributed by atoms with Crippen molar-refractivity contribution < 1.29 is 28.1 Å². The van der Waals surface area contributed by atoms with Crippen molar-refractivity contribution in [2.75, 3.05) is 37.7 Å². The lowest BCUT2D eigenvalue weighted by molar-refractivity contribution is 0.107. The molecular formula is C33H32F3N5O3. The van der Waals surface area contributed by atoms with Crippen molar-refractivity contribution in [1.82, 2.24) is 19.9 Å². The summed E-state index contributed by atoms with van der Waals surface area (Å²) in [5.74, 6) is 4.46. The highest BCUT2D eigenvalue weighted by molar-refractivity contribution is 6.01. The summed E-state index contributed by atoms with van der Waals surface area (Å²) in [7, 11) is 0. The fourth-order valence-corrected chi connectivity index (χ4v) is 7.16. The molecule has 2 N–H and O–H groups in total. The number of pyridine rings is 1. The van der Waals surface area contributed by atoms with Crippen LogP contribution in [0.3, 0.4) is 0 Å². The molecule has 8 nitrogen and oxygen atoms in total. The van der Waals surface area contributed by atoms with Gasteiger partial charge in [-0.15, -0.1) is 0 Å². The Labute approximate surface area is 252 Å². The van der Waals surface area contributed by atoms with E-state index in [0.29, 0.717) is 43.6 Å². The summed E-state index contributed by atoms with van der Waals surface area (Å²) >= 11 is 0. The number of alkyl halides is 1. The molecule has 3 aliphatic heterocycles. The molecule has 2 aromatic carbocycles. The van der Waals surface area contributed by atoms with Gasteiger partial charge in [-0.1, -0.05) is 18.1 Å². The molecule has 44 heavy (non-hydrogen) atoms. The van der Waals surface area contributed by atoms with E-state index < -0.39 is 29.4 Å². The molecule has 3 fully saturated rings. The third-order valence-corrected chi connectivity index (χ3v) is 9.08. The number of piperidine rings is 1. The lowest BCUT2D eigenvalue weighted by atomic mass is 9.95. The van der Waals surface area contributed by atoms with E-state index in [1.807, 2.05) is 4.90 Å². The minimum atomic E-state index is -0.944. The van der Waals surface area contributed by atoms with Gasteiger partial charge in [-0.05, 0) is 68.7 Å². The second-order valence-corrected chi connectivity index (χ2v) is 12.0. The Bertz CT molecular complexity index is 1840. The molecule has 11 heteroatoms. The van der Waals surface area contributed by atoms with Gasteiger partial charge >= 0.3 is 6.01 Å². The number of phenolic OH excluding ortho intramolecular Hbond substituents is 1. The molecule has 3 aliphatic rings. The van der Waals surface area contributed by atoms with E-state index in [-0.39, 0.29) is 58.2 Å². The van der Waals surface area contributed by atoms with Crippen LogP contribution in [0.25, 0.3) is 32.9 Å². The maximum atomic E-state index is 16.8. The van der Waals surface area contributed by atoms with E-state index in [0.717, 1.165) is 19.4 Å². The average molecular weight is 604 g/mol. The molecule has 7 rings (SSSR count). The molecule has 0 spiro atoms. The molecule has 3 saturated heterocycles. The normalized spacial score (nSPS) is 23.6. The second kappa shape index (κ2) is 11.1. The first kappa shape index (κ1) is 28.6. The van der Waals surface area contributed by atoms with Crippen LogP contribution in [0.1, 0.15) is 44.7 Å². The molecular weight excluding hydrogens is 571 g/mol. The Morgan fingerprint density at radius 2 is 1.95 bits per heavy atom. The number of aliphatic hydroxyl groups excluding tert-OH is 1. The number of phenols is 1. The lowest BCUT2D eigenvalue weighted by Crippen LogP contribution is -2.43. The Morgan fingerprint density at radius 1 is 1.09 bits per heavy atom. The maximum Gasteiger partial charge on any atom is 0.319 e. The smallest absolute Gasteiger partial charge is 0.319 e. The number of halogens is 3. The molecule has 0 aliphatic carbocycles. The van der Waals surface area contributed by atoms with Crippen LogP contribution in [0.15, 0.2) is 30.3 Å². The SMILES string of the molecule is CC#Cc1nc(-c2cc(O)cc3cccc(F)c23)c(F)c2nc(OC[C@@]34CCCN3C[C@H](F)C4)nc(N3CCC[C@@H](O)C3)c12. The minimum absolute atomic E-state index is 0.0492. The van der Waals surface area contributed by atoms with Crippen molar-refractivity contribution in [2.24, 2.45) is 0 Å². The first-order valence-corrected chi connectivity index (χ1v) is 15.0. The average Bonchev–Trinajstić information content (AvgIpc) is 3.52. The van der Waals surface area contributed by atoms with Crippen molar-refractivity contribution >= 4 is 27.5 Å². The van der Waals surface area contributed by atoms with Crippen molar-refractivity contribution in [2.45, 2.75) is 56.8 Å². The van der Waals surface area contributed by atoms with E-state index in [2.05, 4.69) is 26.7 Å². The largest absolute Gasteiger partial charge is 0.508 e. The predicted octanol–water partition coefficient (Wildman–Crippen LogP) is 5.12. The summed E-state index contributed by atoms with van der Waals surface area (Å²) in [5.41, 5.74) is -0.612. The number of benzene rings is 2. The third kappa shape index (κ3) is 4.86. The number of hydrogen-bond donors (Lipinski definition) is 2. The summed E-state index contributed by atoms with van der Waals surface area (Å²) in [5, 5.41) is 21.7. The van der Waals surface area contributed by atoms with E-state index in [9.17, 15) is 14.6 Å². The number of fused-ring (bicyclic) bond motifs is 3. The molecule has 0 unspecified atom stereocenters. The fourth-order valence-electron chi connectivity index (χ4n) is 7.16. The van der Waals surface area contributed by atoms with E-state index in [1.54, 1.807) is 13.0 Å². The zero-order valence-electron chi connectivity index (χ0n) is 24.3. The molecule has 0 bridgehead atoms. The number of aromatic hydroxyl groups is 1. The highest BCUT2D eigenvalue weighted by Crippen LogP contribution is 2.42. The molecule has 4 aromatic rings. The molecule has 2 aromatic heterocycles. The zero-order valence-corrected chi connectivity index (χ0v) is 24.3. The van der Waals surface area contributed by atoms with E-state index in [4.69, 9.17) is 9.72 Å². The molecule has 3 atom stereocenters. The molecule has 0 amide bonds. The number of aromatic nitrogens is 3. The van der Waals surface area contributed by atoms with Crippen LogP contribution in [-0.4, -0.2) is 80.7 Å². The monoisotopic (exact) mass is 603 g/mol. The lowest BCUT2D eigenvalue weighted by Gasteiger charge is -2.33. The van der Waals surface area contributed by atoms with Gasteiger partial charge in [0.05, 0.1) is 17.0 Å². The number of ether oxygens (including phenoxy) is 1. The standard InChI is InChI=1S/C33H32F3N5O3/c1-2-6-25-27-30(28(36)29(37-25)23-14-22(43)13-19-7-3-9-24(35)26(19)23)38-32(39-31(27)40-11-4-8-21(42)17-40)44-18-33-10-5-12-41(33)16-20(34)15-33/h3,7,9,13-14,20-21,42-43H,4-5,8,10-12,15-18H2,1H3/t20-,21-,33+/m1/s1. The Kier molecular flexibility index (Phi) is 7.22. The summed E-state index contributed by atoms with van der Waals surface area (Å²) in [6.45, 7) is 3.72. The van der Waals surface area contributed by atoms with Crippen LogP contribution in [0.2, 0.25) is 0 Å². The summed E-state index contributed by atoms with van der Waals surface area (Å²) in [4.78, 5) is 17.8. The predicted molar refractivity (Wildman–Crippen MR) is 160 cm³/mol. The van der Waals surface area contributed by atoms with E-state index >= 15 is 8.78 Å². The summed E-state index contributed by atoms with van der Waals surface area (Å²) in [6.07, 6.45) is 1.82. The van der Waals surface area contributed by atoms with Crippen LogP contribution in [0.5, 0.6) is 11.8 Å². The molecule has 0 radical (unpaired) electrons. The Morgan fingerprint density at radius 3 is 2.77 bits per heavy atom. The number of rotatable bonds is 5. The number of hydrogen-bond acceptors (Lipinski definition) is 8. The Hall–Kier alpha value is -4.14. The maximum absolute atomic E-state index is 16.8. The number of aliphatic hydroxyl groups is 1. The highest BCUT2D eigenvalue weighted by Gasteiger charge is 2.49. The fraction of sp³-hybridized carbons (Fsp3) is 0.424. The van der Waals surface area contributed by atoms with Gasteiger partial charge in [0.2, 0.25) is 0 Å². The van der Waals surface area contributed by atoms with Crippen LogP contribution < -0.4 is 9.64 Å². The summed E-state index contributed by atoms with van der Waals surface area (Å²) < 4.78 is 52.6. The van der Waals surface area contributed by atoms with Crippen LogP contribution >= 0.6 is 0 Å². The van der Waals surface area contributed by atoms with Gasteiger partial charge in [0.25, 0.3) is 0 Å². The minimum Gasteiger partial charge on any atom is -0.508 e. The van der Waals surface area contributed by atoms with Crippen molar-refractivity contribution in [3.05, 3.63) is 47.7 Å². The van der Waals surface area contributed by atoms with Crippen LogP contribution in [-0.2, 0) is 0 Å². The first-order valence-electron chi connectivity index (χ1n) is 15.0. The topological polar surface area (TPSA) is 94.8 Å². The van der Waals surface area contributed by atoms with Crippen molar-refractivity contribution in [3.63, 3.8) is 0 Å². The quantitative estimate of drug-likeness (QED) is 0.304. The second-order valence-electron chi connectivity index (χ2n) is 12.0. The highest BCUT2D eigenvalue weighted by atomic mass is 19.1. The number of β-amino-alcohol motifs (C(OH)–C–C–N with tert-alkyl or cyclic N) is 1. The van der Waals surface area contributed by atoms with Gasteiger partial charge in [-0.2, -0.15) is 9.97 Å². The Balaban J connectivity index is 1.44.